The highest BCUT2D eigenvalue weighted by molar-refractivity contribution is 6.04. The summed E-state index contributed by atoms with van der Waals surface area (Å²) in [6.07, 6.45) is 4.60. The number of nitrogens with zero attached hydrogens (tertiary/aromatic N) is 5. The SMILES string of the molecule is C=CC(=O)N1CCC(Nc2cc(C(N)=Nc3ccc(Oc4ccnc(N5CCO[C@@H](C)C5)c4)cc3F)c(N=C)cc2OC)CC1. The number of methoxy groups -OCH3 is 1. The van der Waals surface area contributed by atoms with Crippen molar-refractivity contribution in [2.45, 2.75) is 31.9 Å². The Hall–Kier alpha value is -4.97. The molecule has 1 amide bonds. The maximum Gasteiger partial charge on any atom is 0.245 e. The molecule has 0 bridgehead atoms. The third-order valence-electron chi connectivity index (χ3n) is 7.78. The Kier molecular flexibility index (Phi) is 9.93. The Morgan fingerprint density at radius 3 is 2.62 bits per heavy atom. The van der Waals surface area contributed by atoms with E-state index in [4.69, 9.17) is 19.9 Å². The van der Waals surface area contributed by atoms with Crippen molar-refractivity contribution in [2.24, 2.45) is 15.7 Å². The van der Waals surface area contributed by atoms with Crippen molar-refractivity contribution in [3.05, 3.63) is 72.7 Å². The van der Waals surface area contributed by atoms with E-state index in [1.54, 1.807) is 42.5 Å². The van der Waals surface area contributed by atoms with Gasteiger partial charge in [-0.15, -0.1) is 0 Å². The van der Waals surface area contributed by atoms with Crippen LogP contribution in [-0.4, -0.2) is 80.4 Å². The van der Waals surface area contributed by atoms with Gasteiger partial charge in [0.25, 0.3) is 0 Å². The van der Waals surface area contributed by atoms with Gasteiger partial charge in [0.2, 0.25) is 5.91 Å². The predicted molar refractivity (Wildman–Crippen MR) is 174 cm³/mol. The molecule has 0 aliphatic carbocycles. The van der Waals surface area contributed by atoms with Crippen LogP contribution in [0.25, 0.3) is 0 Å². The number of pyridine rings is 1. The molecule has 0 saturated carbocycles. The molecule has 45 heavy (non-hydrogen) atoms. The molecule has 2 fully saturated rings. The lowest BCUT2D eigenvalue weighted by Crippen LogP contribution is -2.41. The summed E-state index contributed by atoms with van der Waals surface area (Å²) >= 11 is 0. The van der Waals surface area contributed by atoms with E-state index in [2.05, 4.69) is 38.5 Å². The van der Waals surface area contributed by atoms with E-state index >= 15 is 4.39 Å². The average molecular weight is 616 g/mol. The fourth-order valence-corrected chi connectivity index (χ4v) is 5.41. The molecule has 1 atom stereocenters. The number of rotatable bonds is 10. The second-order valence-electron chi connectivity index (χ2n) is 10.9. The number of hydrogen-bond donors (Lipinski definition) is 2. The van der Waals surface area contributed by atoms with E-state index < -0.39 is 5.82 Å². The number of carbonyl (C=O) groups is 1. The number of nitrogens with two attached hydrogens (primary N) is 1. The van der Waals surface area contributed by atoms with Gasteiger partial charge in [0, 0.05) is 62.2 Å². The van der Waals surface area contributed by atoms with Gasteiger partial charge < -0.3 is 35.1 Å². The van der Waals surface area contributed by atoms with Crippen LogP contribution in [0.4, 0.5) is 27.3 Å². The highest BCUT2D eigenvalue weighted by Gasteiger charge is 2.23. The van der Waals surface area contributed by atoms with Gasteiger partial charge in [0.15, 0.2) is 5.82 Å². The number of anilines is 2. The third-order valence-corrected chi connectivity index (χ3v) is 7.78. The number of benzene rings is 2. The lowest BCUT2D eigenvalue weighted by atomic mass is 10.0. The van der Waals surface area contributed by atoms with Crippen molar-refractivity contribution in [2.75, 3.05) is 50.1 Å². The minimum absolute atomic E-state index is 0.0390. The Morgan fingerprint density at radius 1 is 1.16 bits per heavy atom. The molecule has 2 aromatic carbocycles. The van der Waals surface area contributed by atoms with E-state index in [1.807, 2.05) is 13.0 Å². The van der Waals surface area contributed by atoms with Crippen LogP contribution >= 0.6 is 0 Å². The maximum atomic E-state index is 15.3. The number of ether oxygens (including phenoxy) is 3. The standard InChI is InChI=1S/C33H38FN7O4/c1-5-32(42)40-12-9-22(10-13-40)38-29-18-25(28(36-3)19-30(29)43-4)33(35)39-27-7-6-23(16-26(27)34)45-24-8-11-37-31(17-24)41-14-15-44-21(2)20-41/h5-8,11,16-19,21-22,38H,1,3,9-10,12-15,20H2,2,4H3,(H2,35,39)/t21-/m0/s1. The van der Waals surface area contributed by atoms with E-state index in [9.17, 15) is 4.79 Å². The van der Waals surface area contributed by atoms with Crippen molar-refractivity contribution >= 4 is 41.3 Å². The number of carbonyl (C=O) groups excluding carboxylic acids is 1. The molecule has 11 nitrogen and oxygen atoms in total. The first-order valence-electron chi connectivity index (χ1n) is 14.8. The second kappa shape index (κ2) is 14.2. The van der Waals surface area contributed by atoms with Crippen LogP contribution in [0.1, 0.15) is 25.3 Å². The topological polar surface area (TPSA) is 127 Å². The lowest BCUT2D eigenvalue weighted by Gasteiger charge is -2.32. The molecule has 0 radical (unpaired) electrons. The summed E-state index contributed by atoms with van der Waals surface area (Å²) in [6, 6.07) is 11.5. The number of nitrogens with one attached hydrogen (secondary N) is 1. The number of aromatic nitrogens is 1. The number of amides is 1. The largest absolute Gasteiger partial charge is 0.495 e. The highest BCUT2D eigenvalue weighted by Crippen LogP contribution is 2.35. The molecule has 12 heteroatoms. The monoisotopic (exact) mass is 615 g/mol. The van der Waals surface area contributed by atoms with Gasteiger partial charge in [-0.25, -0.2) is 14.4 Å². The van der Waals surface area contributed by atoms with Crippen molar-refractivity contribution in [1.82, 2.24) is 9.88 Å². The number of halogens is 1. The molecule has 3 N–H and O–H groups in total. The van der Waals surface area contributed by atoms with E-state index in [1.165, 1.54) is 18.2 Å². The molecular weight excluding hydrogens is 577 g/mol. The third kappa shape index (κ3) is 7.58. The summed E-state index contributed by atoms with van der Waals surface area (Å²) in [5, 5.41) is 3.49. The average Bonchev–Trinajstić information content (AvgIpc) is 3.06. The zero-order chi connectivity index (χ0) is 31.9. The zero-order valence-electron chi connectivity index (χ0n) is 25.5. The first kappa shape index (κ1) is 31.5. The number of piperidine rings is 1. The lowest BCUT2D eigenvalue weighted by molar-refractivity contribution is -0.126. The van der Waals surface area contributed by atoms with Crippen LogP contribution in [0.5, 0.6) is 17.2 Å². The number of morpholine rings is 1. The summed E-state index contributed by atoms with van der Waals surface area (Å²) in [4.78, 5) is 28.8. The number of amidine groups is 1. The van der Waals surface area contributed by atoms with Gasteiger partial charge in [-0.2, -0.15) is 0 Å². The van der Waals surface area contributed by atoms with Gasteiger partial charge in [-0.05, 0) is 56.8 Å². The number of aliphatic imine (C=N–C) groups is 2. The van der Waals surface area contributed by atoms with Gasteiger partial charge in [-0.3, -0.25) is 9.79 Å². The van der Waals surface area contributed by atoms with E-state index in [0.717, 1.165) is 31.7 Å². The first-order valence-corrected chi connectivity index (χ1v) is 14.8. The first-order chi connectivity index (χ1) is 21.8. The maximum absolute atomic E-state index is 15.3. The zero-order valence-corrected chi connectivity index (χ0v) is 25.5. The van der Waals surface area contributed by atoms with Crippen LogP contribution < -0.4 is 25.4 Å². The van der Waals surface area contributed by atoms with Crippen LogP contribution in [-0.2, 0) is 9.53 Å². The molecule has 1 aromatic heterocycles. The minimum Gasteiger partial charge on any atom is -0.495 e. The Labute approximate surface area is 262 Å². The van der Waals surface area contributed by atoms with Crippen LogP contribution in [0, 0.1) is 5.82 Å². The molecule has 236 valence electrons. The smallest absolute Gasteiger partial charge is 0.245 e. The molecule has 5 rings (SSSR count). The van der Waals surface area contributed by atoms with Gasteiger partial charge >= 0.3 is 0 Å². The van der Waals surface area contributed by atoms with E-state index in [0.29, 0.717) is 53.9 Å². The van der Waals surface area contributed by atoms with Crippen LogP contribution in [0.3, 0.4) is 0 Å². The van der Waals surface area contributed by atoms with Crippen molar-refractivity contribution in [3.8, 4) is 17.2 Å². The fourth-order valence-electron chi connectivity index (χ4n) is 5.41. The van der Waals surface area contributed by atoms with Crippen molar-refractivity contribution in [3.63, 3.8) is 0 Å². The van der Waals surface area contributed by atoms with E-state index in [-0.39, 0.29) is 29.6 Å². The summed E-state index contributed by atoms with van der Waals surface area (Å²) in [7, 11) is 1.56. The van der Waals surface area contributed by atoms with Crippen molar-refractivity contribution in [1.29, 1.82) is 0 Å². The summed E-state index contributed by atoms with van der Waals surface area (Å²) in [6.45, 7) is 12.6. The summed E-state index contributed by atoms with van der Waals surface area (Å²) in [5.74, 6) is 1.54. The second-order valence-corrected chi connectivity index (χ2v) is 10.9. The molecule has 0 unspecified atom stereocenters. The summed E-state index contributed by atoms with van der Waals surface area (Å²) < 4.78 is 32.4. The Morgan fingerprint density at radius 2 is 1.93 bits per heavy atom. The molecule has 3 aromatic rings. The predicted octanol–water partition coefficient (Wildman–Crippen LogP) is 5.20. The number of likely N-dealkylation sites (tertiary alicyclic amines) is 1. The molecule has 3 heterocycles. The molecule has 2 aliphatic rings. The Bertz CT molecular complexity index is 1590. The normalized spacial score (nSPS) is 17.5. The molecule has 2 saturated heterocycles. The quantitative estimate of drug-likeness (QED) is 0.181. The van der Waals surface area contributed by atoms with Gasteiger partial charge in [-0.1, -0.05) is 6.58 Å². The molecule has 0 spiro atoms. The van der Waals surface area contributed by atoms with Crippen LogP contribution in [0.15, 0.2) is 71.3 Å². The molecule has 2 aliphatic heterocycles. The fraction of sp³-hybridized carbons (Fsp3) is 0.333. The number of hydrogen-bond acceptors (Lipinski definition) is 9. The Balaban J connectivity index is 1.32. The minimum atomic E-state index is -0.604. The molecular formula is C33H38FN7O4. The van der Waals surface area contributed by atoms with Crippen molar-refractivity contribution < 1.29 is 23.4 Å². The van der Waals surface area contributed by atoms with Gasteiger partial charge in [0.05, 0.1) is 31.2 Å². The van der Waals surface area contributed by atoms with Gasteiger partial charge in [0.1, 0.15) is 34.6 Å². The highest BCUT2D eigenvalue weighted by atomic mass is 19.1. The van der Waals surface area contributed by atoms with Crippen LogP contribution in [0.2, 0.25) is 0 Å². The summed E-state index contributed by atoms with van der Waals surface area (Å²) in [5.41, 5.74) is 8.04.